The first-order valence-corrected chi connectivity index (χ1v) is 8.05. The van der Waals surface area contributed by atoms with Crippen molar-refractivity contribution in [3.8, 4) is 0 Å². The van der Waals surface area contributed by atoms with Gasteiger partial charge in [0.05, 0.1) is 5.69 Å². The maximum absolute atomic E-state index is 4.72. The van der Waals surface area contributed by atoms with Crippen LogP contribution in [0.3, 0.4) is 0 Å². The van der Waals surface area contributed by atoms with E-state index in [-0.39, 0.29) is 0 Å². The van der Waals surface area contributed by atoms with Gasteiger partial charge >= 0.3 is 0 Å². The number of hydrogen-bond acceptors (Lipinski definition) is 5. The molecule has 0 aliphatic carbocycles. The van der Waals surface area contributed by atoms with Crippen LogP contribution in [0, 0.1) is 5.92 Å². The molecular formula is C17H23N5. The molecule has 1 fully saturated rings. The van der Waals surface area contributed by atoms with Crippen molar-refractivity contribution < 1.29 is 0 Å². The van der Waals surface area contributed by atoms with Gasteiger partial charge in [-0.2, -0.15) is 0 Å². The van der Waals surface area contributed by atoms with Gasteiger partial charge in [-0.1, -0.05) is 6.07 Å². The molecule has 1 atom stereocenters. The van der Waals surface area contributed by atoms with Crippen LogP contribution in [0.4, 0.5) is 5.82 Å². The summed E-state index contributed by atoms with van der Waals surface area (Å²) in [5.41, 5.74) is 2.18. The molecule has 1 aliphatic rings. The molecule has 2 N–H and O–H groups in total. The Kier molecular flexibility index (Phi) is 5.32. The number of piperidine rings is 1. The van der Waals surface area contributed by atoms with Crippen molar-refractivity contribution >= 4 is 5.82 Å². The summed E-state index contributed by atoms with van der Waals surface area (Å²) in [7, 11) is 0. The Morgan fingerprint density at radius 2 is 2.23 bits per heavy atom. The lowest BCUT2D eigenvalue weighted by atomic mass is 9.94. The minimum atomic E-state index is 0.719. The Labute approximate surface area is 131 Å². The van der Waals surface area contributed by atoms with E-state index in [0.717, 1.165) is 49.9 Å². The molecule has 0 radical (unpaired) electrons. The molecule has 0 amide bonds. The fourth-order valence-electron chi connectivity index (χ4n) is 2.86. The molecule has 1 aliphatic heterocycles. The molecule has 5 nitrogen and oxygen atoms in total. The number of nitrogens with one attached hydrogen (secondary N) is 2. The van der Waals surface area contributed by atoms with Gasteiger partial charge in [-0.05, 0) is 50.4 Å². The molecule has 3 heterocycles. The van der Waals surface area contributed by atoms with Gasteiger partial charge in [-0.15, -0.1) is 0 Å². The van der Waals surface area contributed by atoms with Crippen LogP contribution < -0.4 is 10.6 Å². The van der Waals surface area contributed by atoms with E-state index in [1.54, 1.807) is 12.4 Å². The summed E-state index contributed by atoms with van der Waals surface area (Å²) in [5, 5.41) is 6.84. The minimum Gasteiger partial charge on any atom is -0.370 e. The zero-order chi connectivity index (χ0) is 15.0. The zero-order valence-electron chi connectivity index (χ0n) is 12.8. The molecule has 2 aromatic heterocycles. The lowest BCUT2D eigenvalue weighted by Gasteiger charge is -2.22. The molecule has 0 bridgehead atoms. The topological polar surface area (TPSA) is 62.7 Å². The van der Waals surface area contributed by atoms with Crippen LogP contribution >= 0.6 is 0 Å². The van der Waals surface area contributed by atoms with Crippen LogP contribution in [0.25, 0.3) is 0 Å². The first kappa shape index (κ1) is 14.9. The van der Waals surface area contributed by atoms with Crippen LogP contribution in [-0.2, 0) is 12.8 Å². The van der Waals surface area contributed by atoms with Crippen LogP contribution in [0.1, 0.15) is 24.2 Å². The van der Waals surface area contributed by atoms with Crippen LogP contribution in [-0.4, -0.2) is 34.6 Å². The summed E-state index contributed by atoms with van der Waals surface area (Å²) in [4.78, 5) is 13.1. The van der Waals surface area contributed by atoms with Crippen molar-refractivity contribution in [3.63, 3.8) is 0 Å². The quantitative estimate of drug-likeness (QED) is 0.854. The van der Waals surface area contributed by atoms with E-state index in [1.807, 2.05) is 12.3 Å². The maximum atomic E-state index is 4.72. The van der Waals surface area contributed by atoms with Crippen molar-refractivity contribution in [2.45, 2.75) is 25.7 Å². The minimum absolute atomic E-state index is 0.719. The molecule has 0 unspecified atom stereocenters. The smallest absolute Gasteiger partial charge is 0.126 e. The van der Waals surface area contributed by atoms with E-state index in [1.165, 1.54) is 18.5 Å². The number of pyridine rings is 1. The van der Waals surface area contributed by atoms with Gasteiger partial charge in [0.15, 0.2) is 0 Å². The summed E-state index contributed by atoms with van der Waals surface area (Å²) in [6.45, 7) is 3.10. The molecule has 22 heavy (non-hydrogen) atoms. The van der Waals surface area contributed by atoms with Gasteiger partial charge in [-0.25, -0.2) is 4.98 Å². The Bertz CT molecular complexity index is 566. The molecule has 0 spiro atoms. The molecule has 3 rings (SSSR count). The fourth-order valence-corrected chi connectivity index (χ4v) is 2.86. The van der Waals surface area contributed by atoms with Crippen LogP contribution in [0.5, 0.6) is 0 Å². The third-order valence-electron chi connectivity index (χ3n) is 4.01. The number of rotatable bonds is 6. The SMILES string of the molecule is c1cc(C[C@H]2CCCNC2)nc(NCCc2cnccn2)c1. The molecule has 0 saturated carbocycles. The summed E-state index contributed by atoms with van der Waals surface area (Å²) in [5.74, 6) is 1.67. The molecule has 0 aromatic carbocycles. The van der Waals surface area contributed by atoms with Crippen molar-refractivity contribution in [2.24, 2.45) is 5.92 Å². The predicted molar refractivity (Wildman–Crippen MR) is 87.8 cm³/mol. The number of nitrogens with zero attached hydrogens (tertiary/aromatic N) is 3. The third kappa shape index (κ3) is 4.49. The van der Waals surface area contributed by atoms with E-state index >= 15 is 0 Å². The van der Waals surface area contributed by atoms with Crippen LogP contribution in [0.2, 0.25) is 0 Å². The Hall–Kier alpha value is -2.01. The monoisotopic (exact) mass is 297 g/mol. The normalized spacial score (nSPS) is 18.1. The second-order valence-electron chi connectivity index (χ2n) is 5.80. The molecule has 1 saturated heterocycles. The van der Waals surface area contributed by atoms with Crippen LogP contribution in [0.15, 0.2) is 36.8 Å². The standard InChI is InChI=1S/C17H23N5/c1-4-15(11-14-3-2-7-18-12-14)22-17(5-1)21-8-6-16-13-19-9-10-20-16/h1,4-5,9-10,13-14,18H,2-3,6-8,11-12H2,(H,21,22)/t14-/m1/s1. The van der Waals surface area contributed by atoms with Gasteiger partial charge < -0.3 is 10.6 Å². The molecule has 5 heteroatoms. The summed E-state index contributed by atoms with van der Waals surface area (Å²) >= 11 is 0. The third-order valence-corrected chi connectivity index (χ3v) is 4.01. The van der Waals surface area contributed by atoms with Gasteiger partial charge in [0.1, 0.15) is 5.82 Å². The van der Waals surface area contributed by atoms with E-state index in [4.69, 9.17) is 4.98 Å². The highest BCUT2D eigenvalue weighted by atomic mass is 15.0. The van der Waals surface area contributed by atoms with Gasteiger partial charge in [0, 0.05) is 37.3 Å². The average Bonchev–Trinajstić information content (AvgIpc) is 2.57. The van der Waals surface area contributed by atoms with Crippen molar-refractivity contribution in [1.82, 2.24) is 20.3 Å². The number of aromatic nitrogens is 3. The Balaban J connectivity index is 1.50. The highest BCUT2D eigenvalue weighted by molar-refractivity contribution is 5.35. The van der Waals surface area contributed by atoms with Crippen molar-refractivity contribution in [2.75, 3.05) is 25.0 Å². The first-order chi connectivity index (χ1) is 10.9. The first-order valence-electron chi connectivity index (χ1n) is 8.05. The summed E-state index contributed by atoms with van der Waals surface area (Å²) in [6.07, 6.45) is 9.73. The highest BCUT2D eigenvalue weighted by Gasteiger charge is 2.14. The van der Waals surface area contributed by atoms with E-state index in [9.17, 15) is 0 Å². The maximum Gasteiger partial charge on any atom is 0.126 e. The van der Waals surface area contributed by atoms with Crippen molar-refractivity contribution in [1.29, 1.82) is 0 Å². The zero-order valence-corrected chi connectivity index (χ0v) is 12.8. The Morgan fingerprint density at radius 3 is 3.05 bits per heavy atom. The van der Waals surface area contributed by atoms with Gasteiger partial charge in [0.25, 0.3) is 0 Å². The molecule has 116 valence electrons. The largest absolute Gasteiger partial charge is 0.370 e. The second kappa shape index (κ2) is 7.84. The predicted octanol–water partition coefficient (Wildman–Crippen LogP) is 2.07. The van der Waals surface area contributed by atoms with E-state index in [0.29, 0.717) is 0 Å². The lowest BCUT2D eigenvalue weighted by Crippen LogP contribution is -2.31. The number of anilines is 1. The summed E-state index contributed by atoms with van der Waals surface area (Å²) in [6, 6.07) is 6.24. The molecular weight excluding hydrogens is 274 g/mol. The fraction of sp³-hybridized carbons (Fsp3) is 0.471. The summed E-state index contributed by atoms with van der Waals surface area (Å²) < 4.78 is 0. The van der Waals surface area contributed by atoms with E-state index in [2.05, 4.69) is 32.7 Å². The highest BCUT2D eigenvalue weighted by Crippen LogP contribution is 2.16. The van der Waals surface area contributed by atoms with Gasteiger partial charge in [-0.3, -0.25) is 9.97 Å². The number of hydrogen-bond donors (Lipinski definition) is 2. The lowest BCUT2D eigenvalue weighted by molar-refractivity contribution is 0.373. The van der Waals surface area contributed by atoms with E-state index < -0.39 is 0 Å². The molecule has 2 aromatic rings. The average molecular weight is 297 g/mol. The Morgan fingerprint density at radius 1 is 1.23 bits per heavy atom. The second-order valence-corrected chi connectivity index (χ2v) is 5.80. The van der Waals surface area contributed by atoms with Gasteiger partial charge in [0.2, 0.25) is 0 Å². The van der Waals surface area contributed by atoms with Crippen molar-refractivity contribution in [3.05, 3.63) is 48.2 Å².